The molecule has 6 nitrogen and oxygen atoms in total. The second-order valence-corrected chi connectivity index (χ2v) is 8.65. The standard InChI is InChI=1S/C21H24ClN3O3S/c1-5-28-20(27)15-12(4)23-18-17(16(15)13-6-8-14(22)9-7-13)19(26)25-21(24-18)29-10-11(2)3/h6-9,11,16H,5,10H2,1-4H3,(H2,23,24,25,26). The van der Waals surface area contributed by atoms with Gasteiger partial charge >= 0.3 is 5.97 Å². The number of H-pyrrole nitrogens is 1. The van der Waals surface area contributed by atoms with Crippen molar-refractivity contribution in [1.82, 2.24) is 9.97 Å². The van der Waals surface area contributed by atoms with E-state index < -0.39 is 11.9 Å². The molecular formula is C21H24ClN3O3S. The zero-order chi connectivity index (χ0) is 21.1. The summed E-state index contributed by atoms with van der Waals surface area (Å²) in [6.45, 7) is 8.01. The van der Waals surface area contributed by atoms with E-state index in [1.54, 1.807) is 26.0 Å². The molecule has 1 atom stereocenters. The van der Waals surface area contributed by atoms with E-state index in [0.717, 1.165) is 11.3 Å². The summed E-state index contributed by atoms with van der Waals surface area (Å²) in [5.41, 5.74) is 1.91. The molecule has 0 bridgehead atoms. The highest BCUT2D eigenvalue weighted by molar-refractivity contribution is 7.99. The number of nitrogens with one attached hydrogen (secondary N) is 2. The summed E-state index contributed by atoms with van der Waals surface area (Å²) in [6, 6.07) is 7.11. The first-order valence-electron chi connectivity index (χ1n) is 9.49. The zero-order valence-corrected chi connectivity index (χ0v) is 18.4. The second kappa shape index (κ2) is 9.05. The van der Waals surface area contributed by atoms with Gasteiger partial charge in [-0.1, -0.05) is 49.3 Å². The maximum Gasteiger partial charge on any atom is 0.336 e. The van der Waals surface area contributed by atoms with Gasteiger partial charge in [0.2, 0.25) is 0 Å². The zero-order valence-electron chi connectivity index (χ0n) is 16.8. The van der Waals surface area contributed by atoms with E-state index in [0.29, 0.717) is 38.7 Å². The van der Waals surface area contributed by atoms with Gasteiger partial charge in [0.1, 0.15) is 5.82 Å². The third kappa shape index (κ3) is 4.67. The van der Waals surface area contributed by atoms with Crippen molar-refractivity contribution >= 4 is 35.1 Å². The highest BCUT2D eigenvalue weighted by Crippen LogP contribution is 2.40. The highest BCUT2D eigenvalue weighted by Gasteiger charge is 2.36. The van der Waals surface area contributed by atoms with E-state index in [-0.39, 0.29) is 12.2 Å². The molecule has 0 radical (unpaired) electrons. The quantitative estimate of drug-likeness (QED) is 0.394. The number of aromatic amines is 1. The predicted octanol–water partition coefficient (Wildman–Crippen LogP) is 4.57. The molecule has 29 heavy (non-hydrogen) atoms. The van der Waals surface area contributed by atoms with E-state index in [1.807, 2.05) is 12.1 Å². The average Bonchev–Trinajstić information content (AvgIpc) is 2.66. The fraction of sp³-hybridized carbons (Fsp3) is 0.381. The fourth-order valence-electron chi connectivity index (χ4n) is 3.21. The van der Waals surface area contributed by atoms with Crippen molar-refractivity contribution in [3.63, 3.8) is 0 Å². The molecule has 2 N–H and O–H groups in total. The van der Waals surface area contributed by atoms with E-state index in [2.05, 4.69) is 29.1 Å². The first-order valence-corrected chi connectivity index (χ1v) is 10.9. The van der Waals surface area contributed by atoms with Crippen LogP contribution in [0, 0.1) is 5.92 Å². The smallest absolute Gasteiger partial charge is 0.336 e. The number of ether oxygens (including phenoxy) is 1. The lowest BCUT2D eigenvalue weighted by molar-refractivity contribution is -0.138. The van der Waals surface area contributed by atoms with Crippen LogP contribution in [0.4, 0.5) is 5.82 Å². The Hall–Kier alpha value is -2.25. The number of nitrogens with zero attached hydrogens (tertiary/aromatic N) is 1. The minimum atomic E-state index is -0.594. The number of anilines is 1. The van der Waals surface area contributed by atoms with Crippen molar-refractivity contribution < 1.29 is 9.53 Å². The summed E-state index contributed by atoms with van der Waals surface area (Å²) in [5.74, 6) is 0.716. The number of hydrogen-bond acceptors (Lipinski definition) is 6. The molecule has 2 aromatic rings. The Balaban J connectivity index is 2.15. The summed E-state index contributed by atoms with van der Waals surface area (Å²) in [5, 5.41) is 4.27. The average molecular weight is 434 g/mol. The lowest BCUT2D eigenvalue weighted by Crippen LogP contribution is -2.31. The Bertz CT molecular complexity index is 999. The van der Waals surface area contributed by atoms with Gasteiger partial charge in [0.15, 0.2) is 5.16 Å². The summed E-state index contributed by atoms with van der Waals surface area (Å²) >= 11 is 7.54. The van der Waals surface area contributed by atoms with Crippen molar-refractivity contribution in [3.8, 4) is 0 Å². The molecule has 1 aromatic heterocycles. The number of carbonyl (C=O) groups excluding carboxylic acids is 1. The Morgan fingerprint density at radius 1 is 1.31 bits per heavy atom. The van der Waals surface area contributed by atoms with Crippen LogP contribution in [-0.4, -0.2) is 28.3 Å². The van der Waals surface area contributed by atoms with Gasteiger partial charge in [-0.2, -0.15) is 0 Å². The molecule has 0 saturated heterocycles. The number of carbonyl (C=O) groups is 1. The Labute approximate surface area is 179 Å². The number of rotatable bonds is 6. The molecule has 0 spiro atoms. The fourth-order valence-corrected chi connectivity index (χ4v) is 4.15. The number of aromatic nitrogens is 2. The lowest BCUT2D eigenvalue weighted by atomic mass is 9.82. The van der Waals surface area contributed by atoms with Crippen molar-refractivity contribution in [1.29, 1.82) is 0 Å². The molecule has 8 heteroatoms. The molecule has 1 aliphatic heterocycles. The molecule has 0 fully saturated rings. The van der Waals surface area contributed by atoms with Crippen molar-refractivity contribution in [2.75, 3.05) is 17.7 Å². The number of fused-ring (bicyclic) bond motifs is 1. The van der Waals surface area contributed by atoms with Gasteiger partial charge in [0.05, 0.1) is 23.7 Å². The Kier molecular flexibility index (Phi) is 6.70. The monoisotopic (exact) mass is 433 g/mol. The molecule has 0 saturated carbocycles. The van der Waals surface area contributed by atoms with Crippen LogP contribution < -0.4 is 10.9 Å². The van der Waals surface area contributed by atoms with Gasteiger partial charge in [-0.3, -0.25) is 4.79 Å². The van der Waals surface area contributed by atoms with Crippen LogP contribution in [0.1, 0.15) is 44.7 Å². The highest BCUT2D eigenvalue weighted by atomic mass is 35.5. The van der Waals surface area contributed by atoms with Crippen molar-refractivity contribution in [2.24, 2.45) is 5.92 Å². The summed E-state index contributed by atoms with van der Waals surface area (Å²) in [4.78, 5) is 33.3. The van der Waals surface area contributed by atoms with E-state index in [9.17, 15) is 9.59 Å². The number of thioether (sulfide) groups is 1. The van der Waals surface area contributed by atoms with Crippen LogP contribution >= 0.6 is 23.4 Å². The molecule has 1 unspecified atom stereocenters. The molecule has 0 aliphatic carbocycles. The summed E-state index contributed by atoms with van der Waals surface area (Å²) in [6.07, 6.45) is 0. The van der Waals surface area contributed by atoms with Crippen molar-refractivity contribution in [3.05, 3.63) is 62.0 Å². The topological polar surface area (TPSA) is 84.1 Å². The third-order valence-corrected chi connectivity index (χ3v) is 6.02. The number of halogens is 1. The third-order valence-electron chi connectivity index (χ3n) is 4.47. The number of allylic oxidation sites excluding steroid dienone is 1. The van der Waals surface area contributed by atoms with Crippen LogP contribution in [0.3, 0.4) is 0 Å². The van der Waals surface area contributed by atoms with Crippen LogP contribution in [0.25, 0.3) is 0 Å². The first kappa shape index (κ1) is 21.5. The van der Waals surface area contributed by atoms with Gasteiger partial charge in [-0.05, 0) is 37.5 Å². The van der Waals surface area contributed by atoms with Gasteiger partial charge in [0, 0.05) is 16.5 Å². The van der Waals surface area contributed by atoms with Crippen molar-refractivity contribution in [2.45, 2.75) is 38.8 Å². The maximum absolute atomic E-state index is 13.1. The minimum Gasteiger partial charge on any atom is -0.463 e. The van der Waals surface area contributed by atoms with Gasteiger partial charge < -0.3 is 15.0 Å². The molecule has 1 aliphatic rings. The van der Waals surface area contributed by atoms with Gasteiger partial charge in [0.25, 0.3) is 5.56 Å². The lowest BCUT2D eigenvalue weighted by Gasteiger charge is -2.28. The van der Waals surface area contributed by atoms with Crippen LogP contribution in [0.2, 0.25) is 5.02 Å². The second-order valence-electron chi connectivity index (χ2n) is 7.21. The van der Waals surface area contributed by atoms with E-state index in [4.69, 9.17) is 16.3 Å². The molecule has 154 valence electrons. The maximum atomic E-state index is 13.1. The van der Waals surface area contributed by atoms with Crippen LogP contribution in [-0.2, 0) is 9.53 Å². The summed E-state index contributed by atoms with van der Waals surface area (Å²) in [7, 11) is 0. The minimum absolute atomic E-state index is 0.245. The number of benzene rings is 1. The van der Waals surface area contributed by atoms with Gasteiger partial charge in [-0.15, -0.1) is 0 Å². The number of esters is 1. The Morgan fingerprint density at radius 3 is 2.62 bits per heavy atom. The Morgan fingerprint density at radius 2 is 2.00 bits per heavy atom. The normalized spacial score (nSPS) is 15.9. The van der Waals surface area contributed by atoms with E-state index >= 15 is 0 Å². The molecule has 3 rings (SSSR count). The molecular weight excluding hydrogens is 410 g/mol. The van der Waals surface area contributed by atoms with Crippen LogP contribution in [0.15, 0.2) is 45.5 Å². The largest absolute Gasteiger partial charge is 0.463 e. The van der Waals surface area contributed by atoms with Gasteiger partial charge in [-0.25, -0.2) is 9.78 Å². The molecule has 0 amide bonds. The molecule has 2 heterocycles. The molecule has 1 aromatic carbocycles. The number of hydrogen-bond donors (Lipinski definition) is 2. The SMILES string of the molecule is CCOC(=O)C1=C(C)Nc2nc(SCC(C)C)[nH]c(=O)c2C1c1ccc(Cl)cc1. The van der Waals surface area contributed by atoms with Crippen LogP contribution in [0.5, 0.6) is 0 Å². The summed E-state index contributed by atoms with van der Waals surface area (Å²) < 4.78 is 5.27. The first-order chi connectivity index (χ1) is 13.8. The van der Waals surface area contributed by atoms with E-state index in [1.165, 1.54) is 11.8 Å². The predicted molar refractivity (Wildman–Crippen MR) is 117 cm³/mol.